The number of rotatable bonds is 3. The van der Waals surface area contributed by atoms with Gasteiger partial charge in [0.1, 0.15) is 0 Å². The maximum Gasteiger partial charge on any atom is 0.237 e. The van der Waals surface area contributed by atoms with Crippen molar-refractivity contribution < 1.29 is 13.2 Å². The van der Waals surface area contributed by atoms with Crippen molar-refractivity contribution in [3.8, 4) is 0 Å². The minimum atomic E-state index is -3.31. The fourth-order valence-corrected chi connectivity index (χ4v) is 5.21. The van der Waals surface area contributed by atoms with E-state index in [2.05, 4.69) is 0 Å². The molecule has 0 aromatic heterocycles. The topological polar surface area (TPSA) is 46.6 Å². The second-order valence-electron chi connectivity index (χ2n) is 5.74. The van der Waals surface area contributed by atoms with E-state index in [1.54, 1.807) is 4.31 Å². The molecule has 0 aliphatic carbocycles. The number of sulfonamides is 1. The standard InChI is InChI=1S/C15H21NO3S/c1-12-10-13-6-2-3-8-15(13)16(12)20(17,18)11-14-7-4-5-9-19-14/h2-3,6,8,12,14H,4-5,7,9-11H2,1H3/t12-,14-/m0/s1. The summed E-state index contributed by atoms with van der Waals surface area (Å²) in [5.41, 5.74) is 1.96. The molecule has 20 heavy (non-hydrogen) atoms. The molecule has 1 aromatic carbocycles. The summed E-state index contributed by atoms with van der Waals surface area (Å²) in [6.07, 6.45) is 3.60. The van der Waals surface area contributed by atoms with Crippen LogP contribution in [0.5, 0.6) is 0 Å². The van der Waals surface area contributed by atoms with Crippen LogP contribution in [0.2, 0.25) is 0 Å². The van der Waals surface area contributed by atoms with Crippen LogP contribution in [0.25, 0.3) is 0 Å². The summed E-state index contributed by atoms with van der Waals surface area (Å²) in [5, 5.41) is 0. The zero-order valence-corrected chi connectivity index (χ0v) is 12.6. The lowest BCUT2D eigenvalue weighted by Crippen LogP contribution is -2.41. The normalized spacial score (nSPS) is 26.6. The maximum atomic E-state index is 12.7. The van der Waals surface area contributed by atoms with Gasteiger partial charge in [-0.2, -0.15) is 0 Å². The number of fused-ring (bicyclic) bond motifs is 1. The number of para-hydroxylation sites is 1. The fourth-order valence-electron chi connectivity index (χ4n) is 3.22. The van der Waals surface area contributed by atoms with E-state index >= 15 is 0 Å². The Morgan fingerprint density at radius 3 is 2.85 bits per heavy atom. The average molecular weight is 295 g/mol. The first-order chi connectivity index (χ1) is 9.58. The first-order valence-electron chi connectivity index (χ1n) is 7.29. The maximum absolute atomic E-state index is 12.7. The summed E-state index contributed by atoms with van der Waals surface area (Å²) < 4.78 is 32.6. The van der Waals surface area contributed by atoms with Crippen LogP contribution in [0.4, 0.5) is 5.69 Å². The van der Waals surface area contributed by atoms with E-state index in [-0.39, 0.29) is 17.9 Å². The molecule has 1 aromatic rings. The minimum absolute atomic E-state index is 0.000917. The van der Waals surface area contributed by atoms with Crippen LogP contribution in [-0.2, 0) is 21.2 Å². The van der Waals surface area contributed by atoms with E-state index in [1.165, 1.54) is 0 Å². The highest BCUT2D eigenvalue weighted by Gasteiger charge is 2.36. The highest BCUT2D eigenvalue weighted by Crippen LogP contribution is 2.34. The molecule has 0 N–H and O–H groups in total. The zero-order valence-electron chi connectivity index (χ0n) is 11.8. The molecule has 1 fully saturated rings. The first kappa shape index (κ1) is 13.9. The molecule has 5 heteroatoms. The van der Waals surface area contributed by atoms with Crippen molar-refractivity contribution in [3.63, 3.8) is 0 Å². The van der Waals surface area contributed by atoms with Gasteiger partial charge in [-0.1, -0.05) is 18.2 Å². The van der Waals surface area contributed by atoms with Gasteiger partial charge in [0.05, 0.1) is 17.5 Å². The van der Waals surface area contributed by atoms with Crippen LogP contribution in [0.3, 0.4) is 0 Å². The largest absolute Gasteiger partial charge is 0.377 e. The quantitative estimate of drug-likeness (QED) is 0.860. The molecule has 2 aliphatic rings. The van der Waals surface area contributed by atoms with Crippen LogP contribution < -0.4 is 4.31 Å². The molecule has 2 aliphatic heterocycles. The van der Waals surface area contributed by atoms with Gasteiger partial charge in [-0.15, -0.1) is 0 Å². The molecule has 0 spiro atoms. The molecule has 2 atom stereocenters. The van der Waals surface area contributed by atoms with Crippen molar-refractivity contribution in [1.29, 1.82) is 0 Å². The predicted molar refractivity (Wildman–Crippen MR) is 79.5 cm³/mol. The highest BCUT2D eigenvalue weighted by atomic mass is 32.2. The van der Waals surface area contributed by atoms with Gasteiger partial charge in [-0.05, 0) is 44.2 Å². The Labute approximate surface area is 120 Å². The van der Waals surface area contributed by atoms with Gasteiger partial charge >= 0.3 is 0 Å². The van der Waals surface area contributed by atoms with Gasteiger partial charge < -0.3 is 4.74 Å². The summed E-state index contributed by atoms with van der Waals surface area (Å²) in [6, 6.07) is 7.78. The smallest absolute Gasteiger partial charge is 0.237 e. The second-order valence-corrected chi connectivity index (χ2v) is 7.64. The number of hydrogen-bond donors (Lipinski definition) is 0. The summed E-state index contributed by atoms with van der Waals surface area (Å²) in [5.74, 6) is 0.103. The molecule has 110 valence electrons. The Bertz CT molecular complexity index is 579. The van der Waals surface area contributed by atoms with Crippen molar-refractivity contribution in [2.75, 3.05) is 16.7 Å². The molecule has 0 radical (unpaired) electrons. The molecule has 3 rings (SSSR count). The zero-order chi connectivity index (χ0) is 14.2. The van der Waals surface area contributed by atoms with E-state index in [0.717, 1.165) is 36.9 Å². The summed E-state index contributed by atoms with van der Waals surface area (Å²) in [6.45, 7) is 2.66. The van der Waals surface area contributed by atoms with E-state index in [9.17, 15) is 8.42 Å². The van der Waals surface area contributed by atoms with Crippen molar-refractivity contribution in [2.45, 2.75) is 44.8 Å². The van der Waals surface area contributed by atoms with E-state index in [4.69, 9.17) is 4.74 Å². The lowest BCUT2D eigenvalue weighted by molar-refractivity contribution is 0.0305. The van der Waals surface area contributed by atoms with Crippen molar-refractivity contribution >= 4 is 15.7 Å². The van der Waals surface area contributed by atoms with Crippen LogP contribution in [0.1, 0.15) is 31.7 Å². The Balaban J connectivity index is 1.83. The summed E-state index contributed by atoms with van der Waals surface area (Å²) >= 11 is 0. The monoisotopic (exact) mass is 295 g/mol. The first-order valence-corrected chi connectivity index (χ1v) is 8.90. The molecule has 0 unspecified atom stereocenters. The van der Waals surface area contributed by atoms with Gasteiger partial charge in [0.25, 0.3) is 0 Å². The molecule has 0 bridgehead atoms. The summed E-state index contributed by atoms with van der Waals surface area (Å²) in [7, 11) is -3.31. The number of benzene rings is 1. The van der Waals surface area contributed by atoms with Crippen LogP contribution in [0.15, 0.2) is 24.3 Å². The number of hydrogen-bond acceptors (Lipinski definition) is 3. The second kappa shape index (κ2) is 5.37. The van der Waals surface area contributed by atoms with Crippen molar-refractivity contribution in [3.05, 3.63) is 29.8 Å². The third-order valence-electron chi connectivity index (χ3n) is 4.11. The molecule has 0 saturated carbocycles. The fraction of sp³-hybridized carbons (Fsp3) is 0.600. The van der Waals surface area contributed by atoms with Gasteiger partial charge in [0.15, 0.2) is 0 Å². The van der Waals surface area contributed by atoms with E-state index in [0.29, 0.717) is 6.61 Å². The Morgan fingerprint density at radius 1 is 1.30 bits per heavy atom. The van der Waals surface area contributed by atoms with Crippen LogP contribution in [-0.4, -0.2) is 32.9 Å². The summed E-state index contributed by atoms with van der Waals surface area (Å²) in [4.78, 5) is 0. The van der Waals surface area contributed by atoms with Gasteiger partial charge in [0, 0.05) is 12.6 Å². The number of nitrogens with zero attached hydrogens (tertiary/aromatic N) is 1. The Kier molecular flexibility index (Phi) is 3.73. The third-order valence-corrected chi connectivity index (χ3v) is 6.06. The lowest BCUT2D eigenvalue weighted by atomic mass is 10.1. The van der Waals surface area contributed by atoms with Gasteiger partial charge in [-0.3, -0.25) is 4.31 Å². The van der Waals surface area contributed by atoms with E-state index in [1.807, 2.05) is 31.2 Å². The predicted octanol–water partition coefficient (Wildman–Crippen LogP) is 2.34. The van der Waals surface area contributed by atoms with Crippen LogP contribution >= 0.6 is 0 Å². The Morgan fingerprint density at radius 2 is 2.10 bits per heavy atom. The molecule has 0 amide bonds. The van der Waals surface area contributed by atoms with Crippen molar-refractivity contribution in [1.82, 2.24) is 0 Å². The minimum Gasteiger partial charge on any atom is -0.377 e. The number of anilines is 1. The SMILES string of the molecule is C[C@H]1Cc2ccccc2N1S(=O)(=O)C[C@@H]1CCCCO1. The highest BCUT2D eigenvalue weighted by molar-refractivity contribution is 7.92. The molecule has 4 nitrogen and oxygen atoms in total. The van der Waals surface area contributed by atoms with Gasteiger partial charge in [0.2, 0.25) is 10.0 Å². The molecule has 2 heterocycles. The lowest BCUT2D eigenvalue weighted by Gasteiger charge is -2.28. The Hall–Kier alpha value is -1.07. The van der Waals surface area contributed by atoms with E-state index < -0.39 is 10.0 Å². The van der Waals surface area contributed by atoms with Crippen molar-refractivity contribution in [2.24, 2.45) is 0 Å². The van der Waals surface area contributed by atoms with Crippen LogP contribution in [0, 0.1) is 0 Å². The number of ether oxygens (including phenoxy) is 1. The average Bonchev–Trinajstić information content (AvgIpc) is 2.75. The molecule has 1 saturated heterocycles. The molecular formula is C15H21NO3S. The molecular weight excluding hydrogens is 274 g/mol. The third kappa shape index (κ3) is 2.56. The van der Waals surface area contributed by atoms with Gasteiger partial charge in [-0.25, -0.2) is 8.42 Å².